The number of aromatic nitrogens is 1. The molecule has 2 heterocycles. The second kappa shape index (κ2) is 7.00. The summed E-state index contributed by atoms with van der Waals surface area (Å²) < 4.78 is 1.42. The Morgan fingerprint density at radius 1 is 1.15 bits per heavy atom. The summed E-state index contributed by atoms with van der Waals surface area (Å²) in [6.45, 7) is 2.14. The number of benzene rings is 1. The average Bonchev–Trinajstić information content (AvgIpc) is 3.10. The van der Waals surface area contributed by atoms with E-state index in [9.17, 15) is 14.4 Å². The molecule has 140 valence electrons. The lowest BCUT2D eigenvalue weighted by atomic mass is 10.1. The van der Waals surface area contributed by atoms with Crippen molar-refractivity contribution in [2.24, 2.45) is 11.8 Å². The second-order valence-electron chi connectivity index (χ2n) is 7.13. The van der Waals surface area contributed by atoms with Crippen molar-refractivity contribution in [1.29, 1.82) is 0 Å². The Labute approximate surface area is 156 Å². The molecule has 2 fully saturated rings. The molecule has 1 saturated heterocycles. The molecule has 0 radical (unpaired) electrons. The summed E-state index contributed by atoms with van der Waals surface area (Å²) >= 11 is 0. The highest BCUT2D eigenvalue weighted by atomic mass is 16.2. The maximum atomic E-state index is 12.7. The molecule has 1 aliphatic heterocycles. The van der Waals surface area contributed by atoms with Gasteiger partial charge in [0.05, 0.1) is 12.1 Å². The Bertz CT molecular complexity index is 928. The molecule has 1 aromatic carbocycles. The Morgan fingerprint density at radius 3 is 2.52 bits per heavy atom. The zero-order valence-electron chi connectivity index (χ0n) is 15.1. The SMILES string of the molecule is CNC(=O)c1cc(C(=O)NC2[C@H]3CNC[C@@H]23)cn(Cc2ccccc2)c1=O. The summed E-state index contributed by atoms with van der Waals surface area (Å²) in [6, 6.07) is 11.0. The molecule has 2 aliphatic rings. The van der Waals surface area contributed by atoms with Gasteiger partial charge in [-0.3, -0.25) is 14.4 Å². The number of hydrogen-bond donors (Lipinski definition) is 3. The van der Waals surface area contributed by atoms with Crippen LogP contribution in [0.15, 0.2) is 47.4 Å². The number of nitrogens with one attached hydrogen (secondary N) is 3. The third kappa shape index (κ3) is 3.38. The molecule has 3 N–H and O–H groups in total. The Balaban J connectivity index is 1.64. The smallest absolute Gasteiger partial charge is 0.263 e. The fraction of sp³-hybridized carbons (Fsp3) is 0.350. The number of nitrogens with zero attached hydrogens (tertiary/aromatic N) is 1. The molecular formula is C20H22N4O3. The van der Waals surface area contributed by atoms with Crippen LogP contribution in [0.2, 0.25) is 0 Å². The van der Waals surface area contributed by atoms with Crippen molar-refractivity contribution in [3.05, 3.63) is 69.6 Å². The van der Waals surface area contributed by atoms with E-state index in [2.05, 4.69) is 16.0 Å². The fourth-order valence-corrected chi connectivity index (χ4v) is 3.82. The van der Waals surface area contributed by atoms with Gasteiger partial charge < -0.3 is 20.5 Å². The number of rotatable bonds is 5. The van der Waals surface area contributed by atoms with E-state index in [1.165, 1.54) is 23.9 Å². The van der Waals surface area contributed by atoms with Crippen LogP contribution in [0.3, 0.4) is 0 Å². The van der Waals surface area contributed by atoms with Gasteiger partial charge in [-0.25, -0.2) is 0 Å². The molecule has 2 aromatic rings. The first-order valence-corrected chi connectivity index (χ1v) is 9.10. The summed E-state index contributed by atoms with van der Waals surface area (Å²) in [4.78, 5) is 37.6. The van der Waals surface area contributed by atoms with E-state index in [4.69, 9.17) is 0 Å². The van der Waals surface area contributed by atoms with Crippen molar-refractivity contribution < 1.29 is 9.59 Å². The molecule has 1 saturated carbocycles. The Kier molecular flexibility index (Phi) is 4.53. The third-order valence-electron chi connectivity index (χ3n) is 5.41. The molecule has 7 heteroatoms. The van der Waals surface area contributed by atoms with Crippen LogP contribution in [0.5, 0.6) is 0 Å². The first-order valence-electron chi connectivity index (χ1n) is 9.10. The lowest BCUT2D eigenvalue weighted by molar-refractivity contribution is 0.0945. The molecule has 27 heavy (non-hydrogen) atoms. The van der Waals surface area contributed by atoms with Crippen LogP contribution in [0.4, 0.5) is 0 Å². The lowest BCUT2D eigenvalue weighted by Crippen LogP contribution is -2.36. The van der Waals surface area contributed by atoms with E-state index in [1.54, 1.807) is 0 Å². The van der Waals surface area contributed by atoms with Gasteiger partial charge in [-0.15, -0.1) is 0 Å². The highest BCUT2D eigenvalue weighted by Gasteiger charge is 2.53. The molecule has 0 spiro atoms. The quantitative estimate of drug-likeness (QED) is 0.705. The number of fused-ring (bicyclic) bond motifs is 1. The summed E-state index contributed by atoms with van der Waals surface area (Å²) in [5.41, 5.74) is 0.797. The molecule has 1 aliphatic carbocycles. The summed E-state index contributed by atoms with van der Waals surface area (Å²) in [6.07, 6.45) is 1.54. The lowest BCUT2D eigenvalue weighted by Gasteiger charge is -2.13. The minimum absolute atomic E-state index is 0.0289. The molecule has 4 rings (SSSR count). The Hall–Kier alpha value is -2.93. The van der Waals surface area contributed by atoms with Gasteiger partial charge in [0.2, 0.25) is 0 Å². The van der Waals surface area contributed by atoms with Crippen molar-refractivity contribution in [2.75, 3.05) is 20.1 Å². The van der Waals surface area contributed by atoms with E-state index in [0.717, 1.165) is 18.7 Å². The van der Waals surface area contributed by atoms with Crippen molar-refractivity contribution in [3.8, 4) is 0 Å². The van der Waals surface area contributed by atoms with Crippen LogP contribution >= 0.6 is 0 Å². The van der Waals surface area contributed by atoms with Crippen molar-refractivity contribution >= 4 is 11.8 Å². The maximum Gasteiger partial charge on any atom is 0.263 e. The van der Waals surface area contributed by atoms with Gasteiger partial charge in [-0.2, -0.15) is 0 Å². The first kappa shape index (κ1) is 17.5. The first-order chi connectivity index (χ1) is 13.1. The van der Waals surface area contributed by atoms with E-state index in [1.807, 2.05) is 30.3 Å². The normalized spacial score (nSPS) is 22.8. The summed E-state index contributed by atoms with van der Waals surface area (Å²) in [7, 11) is 1.47. The van der Waals surface area contributed by atoms with Gasteiger partial charge in [0.25, 0.3) is 17.4 Å². The van der Waals surface area contributed by atoms with Crippen molar-refractivity contribution in [1.82, 2.24) is 20.5 Å². The molecular weight excluding hydrogens is 344 g/mol. The third-order valence-corrected chi connectivity index (χ3v) is 5.41. The number of carbonyl (C=O) groups excluding carboxylic acids is 2. The predicted molar refractivity (Wildman–Crippen MR) is 101 cm³/mol. The zero-order valence-corrected chi connectivity index (χ0v) is 15.1. The molecule has 2 amide bonds. The Morgan fingerprint density at radius 2 is 1.85 bits per heavy atom. The van der Waals surface area contributed by atoms with Crippen molar-refractivity contribution in [3.63, 3.8) is 0 Å². The van der Waals surface area contributed by atoms with Gasteiger partial charge in [0.1, 0.15) is 5.56 Å². The van der Waals surface area contributed by atoms with Crippen LogP contribution in [-0.2, 0) is 6.54 Å². The topological polar surface area (TPSA) is 92.2 Å². The van der Waals surface area contributed by atoms with E-state index >= 15 is 0 Å². The van der Waals surface area contributed by atoms with E-state index < -0.39 is 11.5 Å². The standard InChI is InChI=1S/C20H22N4O3/c1-21-19(26)14-7-13(18(25)23-17-15-8-22-9-16(15)17)11-24(20(14)27)10-12-5-3-2-4-6-12/h2-7,11,15-17,22H,8-10H2,1H3,(H,21,26)(H,23,25)/t15-,16+,17?. The van der Waals surface area contributed by atoms with Crippen LogP contribution in [0.1, 0.15) is 26.3 Å². The molecule has 7 nitrogen and oxygen atoms in total. The van der Waals surface area contributed by atoms with Gasteiger partial charge in [0.15, 0.2) is 0 Å². The van der Waals surface area contributed by atoms with E-state index in [-0.39, 0.29) is 17.5 Å². The minimum Gasteiger partial charge on any atom is -0.355 e. The van der Waals surface area contributed by atoms with Gasteiger partial charge in [0, 0.05) is 32.4 Å². The number of pyridine rings is 1. The fourth-order valence-electron chi connectivity index (χ4n) is 3.82. The van der Waals surface area contributed by atoms with Crippen LogP contribution in [0.25, 0.3) is 0 Å². The molecule has 1 aromatic heterocycles. The number of hydrogen-bond acceptors (Lipinski definition) is 4. The number of piperidine rings is 1. The summed E-state index contributed by atoms with van der Waals surface area (Å²) in [5.74, 6) is 0.232. The predicted octanol–water partition coefficient (Wildman–Crippen LogP) is 0.204. The molecule has 3 atom stereocenters. The molecule has 0 bridgehead atoms. The second-order valence-corrected chi connectivity index (χ2v) is 7.13. The van der Waals surface area contributed by atoms with Gasteiger partial charge in [-0.05, 0) is 23.5 Å². The van der Waals surface area contributed by atoms with Gasteiger partial charge in [-0.1, -0.05) is 30.3 Å². The zero-order chi connectivity index (χ0) is 19.0. The maximum absolute atomic E-state index is 12.7. The minimum atomic E-state index is -0.496. The van der Waals surface area contributed by atoms with Crippen molar-refractivity contribution in [2.45, 2.75) is 12.6 Å². The molecule has 1 unspecified atom stereocenters. The van der Waals surface area contributed by atoms with Crippen LogP contribution < -0.4 is 21.5 Å². The van der Waals surface area contributed by atoms with Gasteiger partial charge >= 0.3 is 0 Å². The highest BCUT2D eigenvalue weighted by molar-refractivity contribution is 5.99. The van der Waals surface area contributed by atoms with Crippen LogP contribution in [-0.4, -0.2) is 42.6 Å². The monoisotopic (exact) mass is 366 g/mol. The van der Waals surface area contributed by atoms with Crippen LogP contribution in [0, 0.1) is 11.8 Å². The number of carbonyl (C=O) groups is 2. The van der Waals surface area contributed by atoms with E-state index in [0.29, 0.717) is 23.9 Å². The highest BCUT2D eigenvalue weighted by Crippen LogP contribution is 2.41. The summed E-state index contributed by atoms with van der Waals surface area (Å²) in [5, 5.41) is 8.80. The largest absolute Gasteiger partial charge is 0.355 e. The number of amides is 2. The average molecular weight is 366 g/mol.